The Kier molecular flexibility index (Phi) is 11.2. The normalized spacial score (nSPS) is 18.8. The molecule has 1 aromatic carbocycles. The van der Waals surface area contributed by atoms with Gasteiger partial charge in [0.1, 0.15) is 13.2 Å². The Morgan fingerprint density at radius 2 is 1.49 bits per heavy atom. The number of benzene rings is 1. The summed E-state index contributed by atoms with van der Waals surface area (Å²) < 4.78 is 27.8. The first kappa shape index (κ1) is 30.4. The summed E-state index contributed by atoms with van der Waals surface area (Å²) in [6.45, 7) is 15.5. The smallest absolute Gasteiger partial charge is 0.180 e. The molecule has 0 N–H and O–H groups in total. The van der Waals surface area contributed by atoms with E-state index in [-0.39, 0.29) is 17.6 Å². The van der Waals surface area contributed by atoms with Crippen LogP contribution < -0.4 is 9.47 Å². The van der Waals surface area contributed by atoms with Gasteiger partial charge in [-0.15, -0.1) is 22.7 Å². The molecule has 2 unspecified atom stereocenters. The lowest BCUT2D eigenvalue weighted by molar-refractivity contribution is -0.0991. The van der Waals surface area contributed by atoms with Crippen LogP contribution in [0.15, 0.2) is 23.6 Å². The molecule has 0 spiro atoms. The van der Waals surface area contributed by atoms with E-state index in [4.69, 9.17) is 18.9 Å². The number of hydrogen-bond acceptors (Lipinski definition) is 6. The van der Waals surface area contributed by atoms with Crippen LogP contribution in [0.5, 0.6) is 11.5 Å². The molecule has 4 rings (SSSR count). The largest absolute Gasteiger partial charge is 0.488 e. The Morgan fingerprint density at radius 3 is 2.08 bits per heavy atom. The van der Waals surface area contributed by atoms with Crippen LogP contribution in [-0.2, 0) is 9.47 Å². The fraction of sp³-hybridized carbons (Fsp3) is 0.636. The molecule has 39 heavy (non-hydrogen) atoms. The number of thiophene rings is 2. The van der Waals surface area contributed by atoms with Crippen LogP contribution in [0.25, 0.3) is 20.5 Å². The summed E-state index contributed by atoms with van der Waals surface area (Å²) in [5.74, 6) is 1.76. The second kappa shape index (κ2) is 14.3. The van der Waals surface area contributed by atoms with Crippen molar-refractivity contribution in [3.63, 3.8) is 0 Å². The van der Waals surface area contributed by atoms with Crippen LogP contribution in [0, 0.1) is 19.3 Å². The lowest BCUT2D eigenvalue weighted by Crippen LogP contribution is -2.44. The van der Waals surface area contributed by atoms with Crippen LogP contribution in [0.2, 0.25) is 0 Å². The average Bonchev–Trinajstić information content (AvgIpc) is 3.41. The van der Waals surface area contributed by atoms with Crippen LogP contribution in [0.3, 0.4) is 0 Å². The highest BCUT2D eigenvalue weighted by molar-refractivity contribution is 7.17. The maximum Gasteiger partial charge on any atom is 0.180 e. The molecule has 3 heterocycles. The van der Waals surface area contributed by atoms with Gasteiger partial charge in [0.05, 0.1) is 35.7 Å². The van der Waals surface area contributed by atoms with Crippen molar-refractivity contribution in [1.29, 1.82) is 0 Å². The van der Waals surface area contributed by atoms with Crippen molar-refractivity contribution in [3.05, 3.63) is 34.0 Å². The van der Waals surface area contributed by atoms with Crippen molar-refractivity contribution >= 4 is 32.8 Å². The summed E-state index contributed by atoms with van der Waals surface area (Å²) in [6, 6.07) is 6.76. The number of hydrogen-bond donors (Lipinski definition) is 0. The highest BCUT2D eigenvalue weighted by Crippen LogP contribution is 2.50. The van der Waals surface area contributed by atoms with Crippen LogP contribution >= 0.6 is 22.7 Å². The van der Waals surface area contributed by atoms with Crippen molar-refractivity contribution < 1.29 is 18.9 Å². The van der Waals surface area contributed by atoms with E-state index in [0.717, 1.165) is 46.9 Å². The third kappa shape index (κ3) is 7.38. The number of aryl methyl sites for hydroxylation is 2. The third-order valence-electron chi connectivity index (χ3n) is 7.98. The molecule has 0 radical (unpaired) electrons. The summed E-state index contributed by atoms with van der Waals surface area (Å²) in [6.07, 6.45) is 9.52. The molecule has 1 aliphatic rings. The van der Waals surface area contributed by atoms with Gasteiger partial charge in [-0.05, 0) is 73.6 Å². The number of fused-ring (bicyclic) bond motifs is 2. The lowest BCUT2D eigenvalue weighted by Gasteiger charge is -2.34. The van der Waals surface area contributed by atoms with E-state index < -0.39 is 0 Å². The van der Waals surface area contributed by atoms with Gasteiger partial charge in [0.25, 0.3) is 0 Å². The molecule has 2 atom stereocenters. The summed E-state index contributed by atoms with van der Waals surface area (Å²) in [4.78, 5) is 2.31. The first-order valence-electron chi connectivity index (χ1n) is 15.0. The molecule has 0 amide bonds. The Hall–Kier alpha value is -1.60. The monoisotopic (exact) mass is 572 g/mol. The predicted octanol–water partition coefficient (Wildman–Crippen LogP) is 9.98. The van der Waals surface area contributed by atoms with E-state index in [1.165, 1.54) is 46.9 Å². The SMILES string of the molecule is CCCCC(CC)OCC1(COC(CC)CCCC)COc2c(C)sc(-c3ccc4scc(C)c4c3)c2OC1. The molecule has 4 nitrogen and oxygen atoms in total. The molecule has 0 saturated carbocycles. The fourth-order valence-electron chi connectivity index (χ4n) is 5.26. The molecule has 0 bridgehead atoms. The molecule has 0 aliphatic carbocycles. The highest BCUT2D eigenvalue weighted by Gasteiger charge is 2.39. The van der Waals surface area contributed by atoms with Gasteiger partial charge < -0.3 is 18.9 Å². The van der Waals surface area contributed by atoms with E-state index in [2.05, 4.69) is 65.1 Å². The zero-order chi connectivity index (χ0) is 27.8. The zero-order valence-electron chi connectivity index (χ0n) is 24.9. The first-order valence-corrected chi connectivity index (χ1v) is 16.7. The van der Waals surface area contributed by atoms with Crippen molar-refractivity contribution in [2.75, 3.05) is 26.4 Å². The second-order valence-corrected chi connectivity index (χ2v) is 13.5. The van der Waals surface area contributed by atoms with Crippen molar-refractivity contribution in [3.8, 4) is 21.9 Å². The Morgan fingerprint density at radius 1 is 0.872 bits per heavy atom. The van der Waals surface area contributed by atoms with Crippen molar-refractivity contribution in [1.82, 2.24) is 0 Å². The highest BCUT2D eigenvalue weighted by atomic mass is 32.1. The fourth-order valence-corrected chi connectivity index (χ4v) is 7.22. The first-order chi connectivity index (χ1) is 18.9. The summed E-state index contributed by atoms with van der Waals surface area (Å²) >= 11 is 3.57. The summed E-state index contributed by atoms with van der Waals surface area (Å²) in [5, 5.41) is 3.55. The van der Waals surface area contributed by atoms with E-state index in [1.807, 2.05) is 0 Å². The van der Waals surface area contributed by atoms with Gasteiger partial charge in [-0.25, -0.2) is 0 Å². The van der Waals surface area contributed by atoms with Gasteiger partial charge in [0.2, 0.25) is 0 Å². The Bertz CT molecular complexity index is 1160. The maximum atomic E-state index is 6.72. The maximum absolute atomic E-state index is 6.72. The van der Waals surface area contributed by atoms with Gasteiger partial charge in [-0.3, -0.25) is 0 Å². The molecule has 2 aromatic heterocycles. The van der Waals surface area contributed by atoms with E-state index in [9.17, 15) is 0 Å². The van der Waals surface area contributed by atoms with Crippen molar-refractivity contribution in [2.45, 2.75) is 105 Å². The molecule has 0 saturated heterocycles. The topological polar surface area (TPSA) is 36.9 Å². The van der Waals surface area contributed by atoms with Gasteiger partial charge in [0, 0.05) is 9.58 Å². The summed E-state index contributed by atoms with van der Waals surface area (Å²) in [5.41, 5.74) is 2.16. The number of ether oxygens (including phenoxy) is 4. The van der Waals surface area contributed by atoms with Crippen LogP contribution in [0.4, 0.5) is 0 Å². The summed E-state index contributed by atoms with van der Waals surface area (Å²) in [7, 11) is 0. The Labute approximate surface area is 244 Å². The number of unbranched alkanes of at least 4 members (excludes halogenated alkanes) is 2. The van der Waals surface area contributed by atoms with Gasteiger partial charge in [-0.1, -0.05) is 59.4 Å². The number of rotatable bonds is 15. The average molecular weight is 573 g/mol. The van der Waals surface area contributed by atoms with Crippen molar-refractivity contribution in [2.24, 2.45) is 5.41 Å². The van der Waals surface area contributed by atoms with Gasteiger partial charge in [0.15, 0.2) is 11.5 Å². The minimum atomic E-state index is -0.354. The quantitative estimate of drug-likeness (QED) is 0.182. The van der Waals surface area contributed by atoms with E-state index in [1.54, 1.807) is 22.7 Å². The lowest BCUT2D eigenvalue weighted by atomic mass is 9.91. The Balaban J connectivity index is 1.58. The minimum Gasteiger partial charge on any atom is -0.488 e. The second-order valence-electron chi connectivity index (χ2n) is 11.3. The van der Waals surface area contributed by atoms with Crippen LogP contribution in [0.1, 0.15) is 89.5 Å². The zero-order valence-corrected chi connectivity index (χ0v) is 26.5. The molecular formula is C33H48O4S2. The molecule has 0 fully saturated rings. The van der Waals surface area contributed by atoms with E-state index >= 15 is 0 Å². The predicted molar refractivity (Wildman–Crippen MR) is 167 cm³/mol. The third-order valence-corrected chi connectivity index (χ3v) is 10.2. The van der Waals surface area contributed by atoms with E-state index in [0.29, 0.717) is 26.4 Å². The molecule has 216 valence electrons. The molecule has 6 heteroatoms. The van der Waals surface area contributed by atoms with Crippen LogP contribution in [-0.4, -0.2) is 38.6 Å². The van der Waals surface area contributed by atoms with Gasteiger partial charge in [-0.2, -0.15) is 0 Å². The minimum absolute atomic E-state index is 0.263. The molecule has 3 aromatic rings. The molecular weight excluding hydrogens is 524 g/mol. The standard InChI is InChI=1S/C33H48O4S2/c1-7-11-13-26(9-3)34-19-33(20-35-27(10-4)14-12-8-2)21-36-30-24(6)39-32(31(30)37-22-33)25-15-16-29-28(17-25)23(5)18-38-29/h15-18,26-27H,7-14,19-22H2,1-6H3. The van der Waals surface area contributed by atoms with Gasteiger partial charge >= 0.3 is 0 Å². The molecule has 1 aliphatic heterocycles.